The SMILES string of the molecule is COCCNc1ccccc1N=C(NC#N)SC. The van der Waals surface area contributed by atoms with E-state index in [-0.39, 0.29) is 0 Å². The minimum absolute atomic E-state index is 0.568. The van der Waals surface area contributed by atoms with Gasteiger partial charge in [-0.3, -0.25) is 5.32 Å². The van der Waals surface area contributed by atoms with Crippen LogP contribution in [-0.4, -0.2) is 31.7 Å². The average Bonchev–Trinajstić information content (AvgIpc) is 2.40. The number of amidine groups is 1. The van der Waals surface area contributed by atoms with Crippen LogP contribution < -0.4 is 10.6 Å². The van der Waals surface area contributed by atoms with Gasteiger partial charge in [0.25, 0.3) is 0 Å². The first-order chi connectivity index (χ1) is 8.81. The van der Waals surface area contributed by atoms with Crippen molar-refractivity contribution in [3.05, 3.63) is 24.3 Å². The number of thioether (sulfide) groups is 1. The molecule has 0 saturated carbocycles. The quantitative estimate of drug-likeness (QED) is 0.280. The molecule has 0 aliphatic heterocycles. The molecule has 1 aromatic carbocycles. The summed E-state index contributed by atoms with van der Waals surface area (Å²) in [5.74, 6) is 0. The Morgan fingerprint density at radius 2 is 2.28 bits per heavy atom. The van der Waals surface area contributed by atoms with E-state index in [1.54, 1.807) is 7.11 Å². The summed E-state index contributed by atoms with van der Waals surface area (Å²) in [6.07, 6.45) is 3.73. The van der Waals surface area contributed by atoms with Crippen LogP contribution in [-0.2, 0) is 4.74 Å². The van der Waals surface area contributed by atoms with Crippen molar-refractivity contribution in [3.63, 3.8) is 0 Å². The molecule has 5 nitrogen and oxygen atoms in total. The van der Waals surface area contributed by atoms with Gasteiger partial charge in [0, 0.05) is 13.7 Å². The zero-order valence-electron chi connectivity index (χ0n) is 10.4. The van der Waals surface area contributed by atoms with Crippen LogP contribution in [0.25, 0.3) is 0 Å². The molecule has 1 aromatic rings. The van der Waals surface area contributed by atoms with Gasteiger partial charge in [-0.1, -0.05) is 23.9 Å². The molecule has 0 spiro atoms. The Bertz CT molecular complexity index is 442. The number of ether oxygens (including phenoxy) is 1. The Kier molecular flexibility index (Phi) is 6.69. The molecule has 0 aliphatic rings. The molecule has 0 amide bonds. The number of rotatable bonds is 5. The minimum atomic E-state index is 0.568. The molecular formula is C12H16N4OS. The van der Waals surface area contributed by atoms with Crippen LogP contribution in [0.1, 0.15) is 0 Å². The van der Waals surface area contributed by atoms with Gasteiger partial charge in [0.05, 0.1) is 18.0 Å². The summed E-state index contributed by atoms with van der Waals surface area (Å²) < 4.78 is 4.99. The van der Waals surface area contributed by atoms with Gasteiger partial charge in [-0.25, -0.2) is 4.99 Å². The van der Waals surface area contributed by atoms with Gasteiger partial charge >= 0.3 is 0 Å². The highest BCUT2D eigenvalue weighted by atomic mass is 32.2. The first-order valence-electron chi connectivity index (χ1n) is 5.41. The van der Waals surface area contributed by atoms with Gasteiger partial charge in [-0.2, -0.15) is 5.26 Å². The second kappa shape index (κ2) is 8.39. The first-order valence-corrected chi connectivity index (χ1v) is 6.64. The average molecular weight is 264 g/mol. The van der Waals surface area contributed by atoms with Gasteiger partial charge in [-0.05, 0) is 18.4 Å². The number of hydrogen-bond donors (Lipinski definition) is 2. The van der Waals surface area contributed by atoms with Gasteiger partial charge in [0.1, 0.15) is 0 Å². The molecule has 0 radical (unpaired) electrons. The number of hydrogen-bond acceptors (Lipinski definition) is 5. The number of benzene rings is 1. The normalized spacial score (nSPS) is 10.8. The molecule has 0 heterocycles. The Morgan fingerprint density at radius 1 is 1.50 bits per heavy atom. The Hall–Kier alpha value is -1.71. The largest absolute Gasteiger partial charge is 0.383 e. The molecule has 0 saturated heterocycles. The second-order valence-corrected chi connectivity index (χ2v) is 4.09. The summed E-state index contributed by atoms with van der Waals surface area (Å²) in [7, 11) is 1.66. The van der Waals surface area contributed by atoms with Crippen LogP contribution in [0.3, 0.4) is 0 Å². The lowest BCUT2D eigenvalue weighted by Crippen LogP contribution is -2.13. The maximum Gasteiger partial charge on any atom is 0.183 e. The van der Waals surface area contributed by atoms with Crippen molar-refractivity contribution in [3.8, 4) is 6.19 Å². The lowest BCUT2D eigenvalue weighted by molar-refractivity contribution is 0.211. The number of aliphatic imine (C=N–C) groups is 1. The van der Waals surface area contributed by atoms with Crippen molar-refractivity contribution in [1.29, 1.82) is 5.26 Å². The highest BCUT2D eigenvalue weighted by molar-refractivity contribution is 8.13. The summed E-state index contributed by atoms with van der Waals surface area (Å²) in [5, 5.41) is 14.9. The monoisotopic (exact) mass is 264 g/mol. The van der Waals surface area contributed by atoms with E-state index < -0.39 is 0 Å². The van der Waals surface area contributed by atoms with E-state index in [1.807, 2.05) is 36.7 Å². The maximum atomic E-state index is 8.60. The fraction of sp³-hybridized carbons (Fsp3) is 0.333. The first kappa shape index (κ1) is 14.4. The van der Waals surface area contributed by atoms with E-state index in [4.69, 9.17) is 10.00 Å². The summed E-state index contributed by atoms with van der Waals surface area (Å²) in [4.78, 5) is 4.39. The van der Waals surface area contributed by atoms with Crippen LogP contribution in [0, 0.1) is 11.5 Å². The number of nitrogens with one attached hydrogen (secondary N) is 2. The minimum Gasteiger partial charge on any atom is -0.383 e. The van der Waals surface area contributed by atoms with Crippen LogP contribution in [0.2, 0.25) is 0 Å². The predicted molar refractivity (Wildman–Crippen MR) is 76.2 cm³/mol. The standard InChI is InChI=1S/C12H16N4OS/c1-17-8-7-14-10-5-3-4-6-11(10)16-12(18-2)15-9-13/h3-6,14H,7-8H2,1-2H3,(H,15,16). The molecule has 18 heavy (non-hydrogen) atoms. The highest BCUT2D eigenvalue weighted by Gasteiger charge is 2.02. The number of anilines is 1. The predicted octanol–water partition coefficient (Wildman–Crippen LogP) is 2.17. The van der Waals surface area contributed by atoms with Gasteiger partial charge in [-0.15, -0.1) is 0 Å². The van der Waals surface area contributed by atoms with Crippen molar-refractivity contribution in [2.24, 2.45) is 4.99 Å². The Morgan fingerprint density at radius 3 is 2.94 bits per heavy atom. The molecule has 0 atom stereocenters. The van der Waals surface area contributed by atoms with Crippen molar-refractivity contribution >= 4 is 28.3 Å². The Balaban J connectivity index is 2.84. The molecule has 0 aliphatic carbocycles. The van der Waals surface area contributed by atoms with Gasteiger partial charge in [0.2, 0.25) is 0 Å². The maximum absolute atomic E-state index is 8.60. The number of nitrogens with zero attached hydrogens (tertiary/aromatic N) is 2. The van der Waals surface area contributed by atoms with E-state index in [0.717, 1.165) is 11.4 Å². The third-order valence-electron chi connectivity index (χ3n) is 2.10. The molecule has 6 heteroatoms. The highest BCUT2D eigenvalue weighted by Crippen LogP contribution is 2.24. The summed E-state index contributed by atoms with van der Waals surface area (Å²) in [6, 6.07) is 7.68. The van der Waals surface area contributed by atoms with Crippen LogP contribution in [0.5, 0.6) is 0 Å². The van der Waals surface area contributed by atoms with Crippen molar-refractivity contribution in [2.75, 3.05) is 31.8 Å². The Labute approximate surface area is 111 Å². The molecule has 2 N–H and O–H groups in total. The summed E-state index contributed by atoms with van der Waals surface area (Å²) in [6.45, 7) is 1.34. The van der Waals surface area contributed by atoms with Crippen molar-refractivity contribution < 1.29 is 4.74 Å². The molecule has 0 unspecified atom stereocenters. The summed E-state index contributed by atoms with van der Waals surface area (Å²) in [5.41, 5.74) is 1.71. The number of para-hydroxylation sites is 2. The molecule has 0 bridgehead atoms. The van der Waals surface area contributed by atoms with Gasteiger partial charge in [0.15, 0.2) is 11.4 Å². The second-order valence-electron chi connectivity index (χ2n) is 3.29. The topological polar surface area (TPSA) is 69.4 Å². The fourth-order valence-electron chi connectivity index (χ4n) is 1.29. The number of nitriles is 1. The van der Waals surface area contributed by atoms with Crippen LogP contribution in [0.4, 0.5) is 11.4 Å². The molecule has 1 rings (SSSR count). The fourth-order valence-corrected chi connectivity index (χ4v) is 1.63. The summed E-state index contributed by atoms with van der Waals surface area (Å²) >= 11 is 1.39. The zero-order chi connectivity index (χ0) is 13.2. The zero-order valence-corrected chi connectivity index (χ0v) is 11.3. The molecule has 0 aromatic heterocycles. The van der Waals surface area contributed by atoms with E-state index >= 15 is 0 Å². The van der Waals surface area contributed by atoms with Crippen molar-refractivity contribution in [1.82, 2.24) is 5.32 Å². The van der Waals surface area contributed by atoms with E-state index in [2.05, 4.69) is 15.6 Å². The third kappa shape index (κ3) is 4.65. The van der Waals surface area contributed by atoms with Crippen LogP contribution in [0.15, 0.2) is 29.3 Å². The van der Waals surface area contributed by atoms with E-state index in [1.165, 1.54) is 11.8 Å². The molecule has 0 fully saturated rings. The lowest BCUT2D eigenvalue weighted by Gasteiger charge is -2.09. The smallest absolute Gasteiger partial charge is 0.183 e. The molecule has 96 valence electrons. The van der Waals surface area contributed by atoms with Crippen LogP contribution >= 0.6 is 11.8 Å². The van der Waals surface area contributed by atoms with E-state index in [0.29, 0.717) is 18.3 Å². The number of methoxy groups -OCH3 is 1. The lowest BCUT2D eigenvalue weighted by atomic mass is 10.2. The third-order valence-corrected chi connectivity index (χ3v) is 2.68. The molecular weight excluding hydrogens is 248 g/mol. The van der Waals surface area contributed by atoms with Crippen molar-refractivity contribution in [2.45, 2.75) is 0 Å². The van der Waals surface area contributed by atoms with Gasteiger partial charge < -0.3 is 10.1 Å². The van der Waals surface area contributed by atoms with E-state index in [9.17, 15) is 0 Å².